The maximum absolute atomic E-state index is 13.4. The number of benzene rings is 1. The van der Waals surface area contributed by atoms with Crippen LogP contribution in [-0.2, 0) is 9.59 Å². The zero-order valence-electron chi connectivity index (χ0n) is 16.2. The number of fused-ring (bicyclic) bond motifs is 1. The predicted molar refractivity (Wildman–Crippen MR) is 99.1 cm³/mol. The van der Waals surface area contributed by atoms with E-state index in [0.29, 0.717) is 13.0 Å². The topological polar surface area (TPSA) is 40.6 Å². The van der Waals surface area contributed by atoms with E-state index in [1.54, 1.807) is 19.1 Å². The molecule has 26 heavy (non-hydrogen) atoms. The van der Waals surface area contributed by atoms with Gasteiger partial charge >= 0.3 is 0 Å². The van der Waals surface area contributed by atoms with Crippen molar-refractivity contribution in [1.82, 2.24) is 9.80 Å². The summed E-state index contributed by atoms with van der Waals surface area (Å²) in [6.07, 6.45) is 2.32. The first-order valence-electron chi connectivity index (χ1n) is 9.49. The van der Waals surface area contributed by atoms with Crippen LogP contribution in [0.3, 0.4) is 0 Å². The summed E-state index contributed by atoms with van der Waals surface area (Å²) >= 11 is 0. The normalized spacial score (nSPS) is 26.0. The van der Waals surface area contributed by atoms with Crippen LogP contribution in [-0.4, -0.2) is 46.8 Å². The summed E-state index contributed by atoms with van der Waals surface area (Å²) < 4.78 is 13.4. The van der Waals surface area contributed by atoms with Gasteiger partial charge in [-0.2, -0.15) is 0 Å². The second-order valence-electron chi connectivity index (χ2n) is 8.85. The van der Waals surface area contributed by atoms with Gasteiger partial charge in [0.15, 0.2) is 0 Å². The maximum Gasteiger partial charge on any atom is 0.223 e. The fourth-order valence-electron chi connectivity index (χ4n) is 4.50. The molecule has 1 aromatic rings. The van der Waals surface area contributed by atoms with Gasteiger partial charge in [-0.3, -0.25) is 9.59 Å². The lowest BCUT2D eigenvalue weighted by Gasteiger charge is -2.41. The van der Waals surface area contributed by atoms with Crippen LogP contribution >= 0.6 is 0 Å². The second-order valence-corrected chi connectivity index (χ2v) is 8.85. The number of halogens is 1. The monoisotopic (exact) mass is 360 g/mol. The summed E-state index contributed by atoms with van der Waals surface area (Å²) in [7, 11) is 0. The number of carbonyl (C=O) groups is 2. The Morgan fingerprint density at radius 3 is 2.38 bits per heavy atom. The van der Waals surface area contributed by atoms with E-state index in [1.165, 1.54) is 12.1 Å². The van der Waals surface area contributed by atoms with E-state index in [2.05, 4.69) is 20.8 Å². The van der Waals surface area contributed by atoms with Crippen molar-refractivity contribution in [2.75, 3.05) is 13.1 Å². The van der Waals surface area contributed by atoms with Crippen LogP contribution in [0.4, 0.5) is 4.39 Å². The lowest BCUT2D eigenvalue weighted by atomic mass is 9.86. The summed E-state index contributed by atoms with van der Waals surface area (Å²) in [4.78, 5) is 29.1. The third-order valence-corrected chi connectivity index (χ3v) is 5.56. The van der Waals surface area contributed by atoms with Gasteiger partial charge in [0.2, 0.25) is 11.8 Å². The number of amides is 2. The molecule has 2 saturated heterocycles. The van der Waals surface area contributed by atoms with Gasteiger partial charge in [0.1, 0.15) is 5.82 Å². The van der Waals surface area contributed by atoms with Gasteiger partial charge in [-0.1, -0.05) is 32.9 Å². The molecule has 3 rings (SSSR count). The average molecular weight is 360 g/mol. The number of hydrogen-bond donors (Lipinski definition) is 0. The molecular weight excluding hydrogens is 331 g/mol. The minimum atomic E-state index is -0.268. The Kier molecular flexibility index (Phi) is 5.09. The van der Waals surface area contributed by atoms with Gasteiger partial charge in [0.25, 0.3) is 0 Å². The molecule has 142 valence electrons. The van der Waals surface area contributed by atoms with Crippen LogP contribution in [0.2, 0.25) is 0 Å². The molecular formula is C21H29FN2O2. The summed E-state index contributed by atoms with van der Waals surface area (Å²) in [5.41, 5.74) is 0.927. The Hall–Kier alpha value is -1.91. The van der Waals surface area contributed by atoms with Crippen molar-refractivity contribution in [2.45, 2.75) is 65.0 Å². The van der Waals surface area contributed by atoms with E-state index in [-0.39, 0.29) is 41.0 Å². The van der Waals surface area contributed by atoms with Gasteiger partial charge in [-0.15, -0.1) is 0 Å². The van der Waals surface area contributed by atoms with Gasteiger partial charge in [0.05, 0.1) is 12.1 Å². The lowest BCUT2D eigenvalue weighted by molar-refractivity contribution is -0.139. The molecule has 0 unspecified atom stereocenters. The molecule has 0 spiro atoms. The number of likely N-dealkylation sites (tertiary alicyclic amines) is 2. The first-order valence-corrected chi connectivity index (χ1v) is 9.49. The number of nitrogens with zero attached hydrogens (tertiary/aromatic N) is 2. The zero-order chi connectivity index (χ0) is 19.1. The quantitative estimate of drug-likeness (QED) is 0.809. The lowest BCUT2D eigenvalue weighted by Crippen LogP contribution is -2.53. The molecule has 1 aromatic carbocycles. The van der Waals surface area contributed by atoms with Crippen molar-refractivity contribution in [2.24, 2.45) is 5.41 Å². The molecule has 0 bridgehead atoms. The summed E-state index contributed by atoms with van der Waals surface area (Å²) in [5, 5.41) is 0. The highest BCUT2D eigenvalue weighted by molar-refractivity contribution is 5.79. The average Bonchev–Trinajstić information content (AvgIpc) is 2.93. The second kappa shape index (κ2) is 7.01. The minimum absolute atomic E-state index is 0.0179. The predicted octanol–water partition coefficient (Wildman–Crippen LogP) is 3.57. The molecule has 0 radical (unpaired) electrons. The molecule has 2 aliphatic heterocycles. The van der Waals surface area contributed by atoms with Crippen LogP contribution in [0.1, 0.15) is 58.4 Å². The van der Waals surface area contributed by atoms with Crippen molar-refractivity contribution < 1.29 is 14.0 Å². The van der Waals surface area contributed by atoms with Gasteiger partial charge < -0.3 is 9.80 Å². The first-order chi connectivity index (χ1) is 12.2. The number of rotatable bonds is 2. The summed E-state index contributed by atoms with van der Waals surface area (Å²) in [6, 6.07) is 6.55. The molecule has 0 aliphatic carbocycles. The number of piperidine rings is 1. The zero-order valence-corrected chi connectivity index (χ0v) is 16.2. The third-order valence-electron chi connectivity index (χ3n) is 5.56. The van der Waals surface area contributed by atoms with Crippen molar-refractivity contribution >= 4 is 11.8 Å². The van der Waals surface area contributed by atoms with Gasteiger partial charge in [-0.25, -0.2) is 4.39 Å². The Morgan fingerprint density at radius 1 is 1.15 bits per heavy atom. The highest BCUT2D eigenvalue weighted by Crippen LogP contribution is 2.41. The van der Waals surface area contributed by atoms with Crippen LogP contribution in [0, 0.1) is 11.2 Å². The third kappa shape index (κ3) is 3.76. The number of carbonyl (C=O) groups excluding carboxylic acids is 2. The molecule has 2 fully saturated rings. The van der Waals surface area contributed by atoms with Gasteiger partial charge in [-0.05, 0) is 36.0 Å². The Morgan fingerprint density at radius 2 is 1.81 bits per heavy atom. The largest absolute Gasteiger partial charge is 0.337 e. The maximum atomic E-state index is 13.4. The van der Waals surface area contributed by atoms with Crippen LogP contribution in [0.15, 0.2) is 24.3 Å². The Labute approximate surface area is 155 Å². The van der Waals surface area contributed by atoms with E-state index in [9.17, 15) is 14.0 Å². The van der Waals surface area contributed by atoms with E-state index in [4.69, 9.17) is 0 Å². The van der Waals surface area contributed by atoms with Gasteiger partial charge in [0, 0.05) is 32.4 Å². The molecule has 2 heterocycles. The summed E-state index contributed by atoms with van der Waals surface area (Å²) in [5.74, 6) is -0.0239. The summed E-state index contributed by atoms with van der Waals surface area (Å²) in [6.45, 7) is 9.13. The molecule has 0 saturated carbocycles. The highest BCUT2D eigenvalue weighted by atomic mass is 19.1. The Bertz CT molecular complexity index is 680. The first kappa shape index (κ1) is 18.9. The SMILES string of the molecule is CC(=O)N1CCC[C@@H]2[C@H]1[C@@H](c1ccc(F)cc1)CN2C(=O)CC(C)(C)C. The van der Waals surface area contributed by atoms with Crippen molar-refractivity contribution in [3.63, 3.8) is 0 Å². The fourth-order valence-corrected chi connectivity index (χ4v) is 4.50. The highest BCUT2D eigenvalue weighted by Gasteiger charge is 2.49. The van der Waals surface area contributed by atoms with Crippen molar-refractivity contribution in [3.05, 3.63) is 35.6 Å². The molecule has 0 N–H and O–H groups in total. The van der Waals surface area contributed by atoms with E-state index >= 15 is 0 Å². The molecule has 2 aliphatic rings. The van der Waals surface area contributed by atoms with Crippen molar-refractivity contribution in [3.8, 4) is 0 Å². The molecule has 5 heteroatoms. The smallest absolute Gasteiger partial charge is 0.223 e. The standard InChI is InChI=1S/C21H29FN2O2/c1-14(25)23-11-5-6-18-20(23)17(15-7-9-16(22)10-8-15)13-24(18)19(26)12-21(2,3)4/h7-10,17-18,20H,5-6,11-13H2,1-4H3/t17-,18-,20-/m1/s1. The molecule has 4 nitrogen and oxygen atoms in total. The fraction of sp³-hybridized carbons (Fsp3) is 0.619. The van der Waals surface area contributed by atoms with Crippen LogP contribution in [0.5, 0.6) is 0 Å². The molecule has 3 atom stereocenters. The van der Waals surface area contributed by atoms with E-state index in [0.717, 1.165) is 24.9 Å². The van der Waals surface area contributed by atoms with Crippen LogP contribution < -0.4 is 0 Å². The minimum Gasteiger partial charge on any atom is -0.337 e. The van der Waals surface area contributed by atoms with E-state index in [1.807, 2.05) is 9.80 Å². The number of hydrogen-bond acceptors (Lipinski definition) is 2. The molecule has 0 aromatic heterocycles. The Balaban J connectivity index is 1.94. The van der Waals surface area contributed by atoms with E-state index < -0.39 is 0 Å². The van der Waals surface area contributed by atoms with Crippen molar-refractivity contribution in [1.29, 1.82) is 0 Å². The molecule has 2 amide bonds. The van der Waals surface area contributed by atoms with Crippen LogP contribution in [0.25, 0.3) is 0 Å².